The summed E-state index contributed by atoms with van der Waals surface area (Å²) in [5, 5.41) is 6.83. The fraction of sp³-hybridized carbons (Fsp3) is 0.259. The zero-order valence-electron chi connectivity index (χ0n) is 19.9. The Hall–Kier alpha value is -3.65. The van der Waals surface area contributed by atoms with Crippen LogP contribution in [0.25, 0.3) is 0 Å². The lowest BCUT2D eigenvalue weighted by Gasteiger charge is -2.56. The highest BCUT2D eigenvalue weighted by molar-refractivity contribution is 7.80. The van der Waals surface area contributed by atoms with E-state index < -0.39 is 17.7 Å². The summed E-state index contributed by atoms with van der Waals surface area (Å²) in [7, 11) is 1.59. The van der Waals surface area contributed by atoms with Crippen LogP contribution in [0, 0.1) is 25.6 Å². The zero-order valence-corrected chi connectivity index (χ0v) is 20.7. The van der Waals surface area contributed by atoms with Crippen molar-refractivity contribution in [3.63, 3.8) is 0 Å². The Morgan fingerprint density at radius 3 is 2.57 bits per heavy atom. The Kier molecular flexibility index (Phi) is 5.63. The topological polar surface area (TPSA) is 62.8 Å². The number of anilines is 2. The molecule has 1 fully saturated rings. The second-order valence-electron chi connectivity index (χ2n) is 9.08. The molecule has 0 spiro atoms. The molecule has 3 aromatic rings. The van der Waals surface area contributed by atoms with Crippen molar-refractivity contribution in [3.8, 4) is 11.5 Å². The SMILES string of the molecule is COc1ccc2c(c1)[C@@H]1NC(=S)N(c3ccc(F)cc3)[C@@](C)(O2)[C@@H]1C(=O)Nc1ccc(C)cc1C. The van der Waals surface area contributed by atoms with Crippen molar-refractivity contribution in [3.05, 3.63) is 83.2 Å². The molecular weight excluding hydrogens is 465 g/mol. The highest BCUT2D eigenvalue weighted by Gasteiger charge is 2.59. The molecule has 2 aliphatic rings. The molecule has 180 valence electrons. The van der Waals surface area contributed by atoms with Crippen LogP contribution in [0.1, 0.15) is 29.7 Å². The standard InChI is InChI=1S/C27H26FN3O3S/c1-15-5-11-21(16(2)13-15)29-25(32)23-24-20-14-19(33-4)10-12-22(20)34-27(23,3)31(26(35)30-24)18-8-6-17(28)7-9-18/h5-14,23-24H,1-4H3,(H,29,32)(H,30,35)/t23-,24-,27-/m0/s1. The van der Waals surface area contributed by atoms with Gasteiger partial charge in [0.25, 0.3) is 0 Å². The van der Waals surface area contributed by atoms with Crippen LogP contribution < -0.4 is 25.0 Å². The van der Waals surface area contributed by atoms with E-state index in [0.717, 1.165) is 22.4 Å². The van der Waals surface area contributed by atoms with Crippen molar-refractivity contribution in [2.75, 3.05) is 17.3 Å². The summed E-state index contributed by atoms with van der Waals surface area (Å²) < 4.78 is 25.7. The van der Waals surface area contributed by atoms with Gasteiger partial charge in [-0.05, 0) is 87.1 Å². The number of aryl methyl sites for hydroxylation is 2. The number of carbonyl (C=O) groups excluding carboxylic acids is 1. The molecule has 2 heterocycles. The van der Waals surface area contributed by atoms with Crippen molar-refractivity contribution >= 4 is 34.6 Å². The number of benzene rings is 3. The first-order chi connectivity index (χ1) is 16.7. The molecule has 1 amide bonds. The number of rotatable bonds is 4. The van der Waals surface area contributed by atoms with Gasteiger partial charge in [0.1, 0.15) is 23.2 Å². The Bertz CT molecular complexity index is 1330. The molecule has 2 aliphatic heterocycles. The molecule has 5 rings (SSSR count). The first kappa shape index (κ1) is 23.1. The summed E-state index contributed by atoms with van der Waals surface area (Å²) in [6, 6.07) is 16.9. The number of ether oxygens (including phenoxy) is 2. The van der Waals surface area contributed by atoms with Crippen molar-refractivity contribution in [1.82, 2.24) is 5.32 Å². The predicted molar refractivity (Wildman–Crippen MR) is 137 cm³/mol. The van der Waals surface area contributed by atoms with E-state index in [1.54, 1.807) is 24.1 Å². The Balaban J connectivity index is 1.63. The molecule has 2 bridgehead atoms. The van der Waals surface area contributed by atoms with Gasteiger partial charge in [0.05, 0.1) is 13.2 Å². The van der Waals surface area contributed by atoms with Crippen LogP contribution in [0.5, 0.6) is 11.5 Å². The number of hydrogen-bond donors (Lipinski definition) is 2. The number of hydrogen-bond acceptors (Lipinski definition) is 4. The van der Waals surface area contributed by atoms with E-state index in [-0.39, 0.29) is 11.7 Å². The molecule has 3 atom stereocenters. The summed E-state index contributed by atoms with van der Waals surface area (Å²) in [6.45, 7) is 5.81. The lowest BCUT2D eigenvalue weighted by molar-refractivity contribution is -0.130. The van der Waals surface area contributed by atoms with E-state index in [0.29, 0.717) is 22.3 Å². The Labute approximate surface area is 209 Å². The van der Waals surface area contributed by atoms with Gasteiger partial charge < -0.3 is 20.1 Å². The number of thiocarbonyl (C=S) groups is 1. The van der Waals surface area contributed by atoms with Gasteiger partial charge in [0, 0.05) is 16.9 Å². The number of methoxy groups -OCH3 is 1. The molecule has 0 saturated carbocycles. The van der Waals surface area contributed by atoms with E-state index in [1.165, 1.54) is 12.1 Å². The third-order valence-electron chi connectivity index (χ3n) is 6.71. The minimum atomic E-state index is -1.19. The van der Waals surface area contributed by atoms with Crippen LogP contribution in [0.2, 0.25) is 0 Å². The second-order valence-corrected chi connectivity index (χ2v) is 9.47. The fourth-order valence-electron chi connectivity index (χ4n) is 5.03. The molecule has 0 aliphatic carbocycles. The van der Waals surface area contributed by atoms with E-state index in [2.05, 4.69) is 10.6 Å². The molecular formula is C27H26FN3O3S. The molecule has 2 N–H and O–H groups in total. The third kappa shape index (κ3) is 3.87. The van der Waals surface area contributed by atoms with Crippen LogP contribution >= 0.6 is 12.2 Å². The fourth-order valence-corrected chi connectivity index (χ4v) is 5.45. The van der Waals surface area contributed by atoms with Crippen molar-refractivity contribution < 1.29 is 18.7 Å². The number of nitrogens with zero attached hydrogens (tertiary/aromatic N) is 1. The van der Waals surface area contributed by atoms with Gasteiger partial charge in [-0.1, -0.05) is 17.7 Å². The smallest absolute Gasteiger partial charge is 0.236 e. The highest BCUT2D eigenvalue weighted by atomic mass is 32.1. The molecule has 0 radical (unpaired) electrons. The van der Waals surface area contributed by atoms with Crippen LogP contribution in [0.3, 0.4) is 0 Å². The summed E-state index contributed by atoms with van der Waals surface area (Å²) in [5.74, 6) is -0.0208. The van der Waals surface area contributed by atoms with Crippen LogP contribution in [-0.4, -0.2) is 23.9 Å². The molecule has 0 aromatic heterocycles. The third-order valence-corrected chi connectivity index (χ3v) is 7.01. The van der Waals surface area contributed by atoms with Gasteiger partial charge in [-0.25, -0.2) is 4.39 Å². The average Bonchev–Trinajstić information content (AvgIpc) is 2.81. The average molecular weight is 492 g/mol. The molecule has 0 unspecified atom stereocenters. The maximum absolute atomic E-state index is 13.9. The lowest BCUT2D eigenvalue weighted by Crippen LogP contribution is -2.72. The normalized spacial score (nSPS) is 22.5. The summed E-state index contributed by atoms with van der Waals surface area (Å²) in [5.41, 5.74) is 3.02. The number of amides is 1. The van der Waals surface area contributed by atoms with Gasteiger partial charge in [-0.3, -0.25) is 9.69 Å². The number of nitrogens with one attached hydrogen (secondary N) is 2. The minimum Gasteiger partial charge on any atom is -0.497 e. The van der Waals surface area contributed by atoms with Crippen LogP contribution in [0.4, 0.5) is 15.8 Å². The molecule has 1 saturated heterocycles. The predicted octanol–water partition coefficient (Wildman–Crippen LogP) is 5.25. The van der Waals surface area contributed by atoms with Gasteiger partial charge in [0.15, 0.2) is 10.8 Å². The van der Waals surface area contributed by atoms with Crippen LogP contribution in [-0.2, 0) is 4.79 Å². The van der Waals surface area contributed by atoms with E-state index >= 15 is 0 Å². The van der Waals surface area contributed by atoms with E-state index in [9.17, 15) is 9.18 Å². The summed E-state index contributed by atoms with van der Waals surface area (Å²) >= 11 is 5.74. The van der Waals surface area contributed by atoms with Crippen LogP contribution in [0.15, 0.2) is 60.7 Å². The van der Waals surface area contributed by atoms with Crippen molar-refractivity contribution in [2.45, 2.75) is 32.5 Å². The zero-order chi connectivity index (χ0) is 24.9. The monoisotopic (exact) mass is 491 g/mol. The van der Waals surface area contributed by atoms with E-state index in [1.807, 2.05) is 57.2 Å². The van der Waals surface area contributed by atoms with Gasteiger partial charge in [0.2, 0.25) is 5.91 Å². The van der Waals surface area contributed by atoms with Gasteiger partial charge in [-0.15, -0.1) is 0 Å². The summed E-state index contributed by atoms with van der Waals surface area (Å²) in [6.07, 6.45) is 0. The first-order valence-corrected chi connectivity index (χ1v) is 11.7. The Morgan fingerprint density at radius 1 is 1.14 bits per heavy atom. The molecule has 3 aromatic carbocycles. The number of carbonyl (C=O) groups is 1. The molecule has 35 heavy (non-hydrogen) atoms. The number of halogens is 1. The lowest BCUT2D eigenvalue weighted by atomic mass is 9.78. The highest BCUT2D eigenvalue weighted by Crippen LogP contribution is 2.50. The summed E-state index contributed by atoms with van der Waals surface area (Å²) in [4.78, 5) is 15.7. The minimum absolute atomic E-state index is 0.222. The number of fused-ring (bicyclic) bond motifs is 4. The second kappa shape index (κ2) is 8.53. The maximum Gasteiger partial charge on any atom is 0.236 e. The first-order valence-electron chi connectivity index (χ1n) is 11.3. The van der Waals surface area contributed by atoms with Crippen molar-refractivity contribution in [2.24, 2.45) is 5.92 Å². The van der Waals surface area contributed by atoms with Gasteiger partial charge >= 0.3 is 0 Å². The molecule has 6 nitrogen and oxygen atoms in total. The van der Waals surface area contributed by atoms with E-state index in [4.69, 9.17) is 21.7 Å². The largest absolute Gasteiger partial charge is 0.497 e. The Morgan fingerprint density at radius 2 is 1.89 bits per heavy atom. The quantitative estimate of drug-likeness (QED) is 0.486. The van der Waals surface area contributed by atoms with Crippen molar-refractivity contribution in [1.29, 1.82) is 0 Å². The van der Waals surface area contributed by atoms with Gasteiger partial charge in [-0.2, -0.15) is 0 Å². The molecule has 8 heteroatoms. The maximum atomic E-state index is 13.9.